The number of carboxylic acid groups (broad SMARTS) is 1. The van der Waals surface area contributed by atoms with Gasteiger partial charge in [-0.3, -0.25) is 4.79 Å². The lowest BCUT2D eigenvalue weighted by Gasteiger charge is -2.18. The molecule has 0 bridgehead atoms. The van der Waals surface area contributed by atoms with Crippen LogP contribution >= 0.6 is 15.9 Å². The SMILES string of the molecule is CC(O)(CNC(=O)c1cc(F)ccc1Br)C(=O)O. The van der Waals surface area contributed by atoms with Crippen molar-refractivity contribution in [2.75, 3.05) is 6.54 Å². The summed E-state index contributed by atoms with van der Waals surface area (Å²) in [5.41, 5.74) is -2.05. The molecule has 0 aliphatic carbocycles. The third-order valence-corrected chi connectivity index (χ3v) is 2.92. The van der Waals surface area contributed by atoms with Crippen LogP contribution in [0.1, 0.15) is 17.3 Å². The molecule has 0 aliphatic heterocycles. The van der Waals surface area contributed by atoms with E-state index in [1.165, 1.54) is 12.1 Å². The summed E-state index contributed by atoms with van der Waals surface area (Å²) in [5, 5.41) is 20.3. The van der Waals surface area contributed by atoms with Gasteiger partial charge in [0.1, 0.15) is 5.82 Å². The molecule has 0 aliphatic rings. The summed E-state index contributed by atoms with van der Waals surface area (Å²) in [6.45, 7) is 0.570. The maximum Gasteiger partial charge on any atom is 0.337 e. The van der Waals surface area contributed by atoms with Crippen molar-refractivity contribution in [1.29, 1.82) is 0 Å². The van der Waals surface area contributed by atoms with E-state index in [2.05, 4.69) is 21.2 Å². The monoisotopic (exact) mass is 319 g/mol. The summed E-state index contributed by atoms with van der Waals surface area (Å²) in [6.07, 6.45) is 0. The molecule has 1 amide bonds. The molecular weight excluding hydrogens is 309 g/mol. The van der Waals surface area contributed by atoms with Crippen LogP contribution in [-0.2, 0) is 4.79 Å². The number of nitrogens with one attached hydrogen (secondary N) is 1. The second-order valence-electron chi connectivity index (χ2n) is 3.89. The molecular formula is C11H11BrFNO4. The van der Waals surface area contributed by atoms with E-state index in [0.29, 0.717) is 4.47 Å². The summed E-state index contributed by atoms with van der Waals surface area (Å²) in [6, 6.07) is 3.54. The summed E-state index contributed by atoms with van der Waals surface area (Å²) in [5.74, 6) is -2.72. The first-order valence-electron chi connectivity index (χ1n) is 4.93. The highest BCUT2D eigenvalue weighted by molar-refractivity contribution is 9.10. The number of rotatable bonds is 4. The fraction of sp³-hybridized carbons (Fsp3) is 0.273. The van der Waals surface area contributed by atoms with Gasteiger partial charge >= 0.3 is 5.97 Å². The number of carboxylic acids is 1. The summed E-state index contributed by atoms with van der Waals surface area (Å²) >= 11 is 3.07. The van der Waals surface area contributed by atoms with Gasteiger partial charge in [0.15, 0.2) is 5.60 Å². The van der Waals surface area contributed by atoms with Crippen LogP contribution in [0.5, 0.6) is 0 Å². The predicted molar refractivity (Wildman–Crippen MR) is 64.7 cm³/mol. The molecule has 5 nitrogen and oxygen atoms in total. The van der Waals surface area contributed by atoms with Crippen molar-refractivity contribution in [3.05, 3.63) is 34.1 Å². The normalized spacial score (nSPS) is 13.8. The van der Waals surface area contributed by atoms with Gasteiger partial charge in [-0.25, -0.2) is 9.18 Å². The number of hydrogen-bond acceptors (Lipinski definition) is 3. The van der Waals surface area contributed by atoms with Gasteiger partial charge in [0.2, 0.25) is 0 Å². The second kappa shape index (κ2) is 5.45. The van der Waals surface area contributed by atoms with Crippen molar-refractivity contribution >= 4 is 27.8 Å². The highest BCUT2D eigenvalue weighted by Crippen LogP contribution is 2.17. The van der Waals surface area contributed by atoms with E-state index in [-0.39, 0.29) is 5.56 Å². The highest BCUT2D eigenvalue weighted by Gasteiger charge is 2.30. The molecule has 1 unspecified atom stereocenters. The van der Waals surface area contributed by atoms with Crippen molar-refractivity contribution in [2.45, 2.75) is 12.5 Å². The Balaban J connectivity index is 2.78. The van der Waals surface area contributed by atoms with E-state index in [1.54, 1.807) is 0 Å². The number of aliphatic carboxylic acids is 1. The number of halogens is 2. The first kappa shape index (κ1) is 14.6. The maximum atomic E-state index is 13.0. The van der Waals surface area contributed by atoms with Crippen molar-refractivity contribution in [2.24, 2.45) is 0 Å². The topological polar surface area (TPSA) is 86.6 Å². The first-order valence-corrected chi connectivity index (χ1v) is 5.72. The van der Waals surface area contributed by atoms with Gasteiger partial charge in [-0.1, -0.05) is 0 Å². The zero-order valence-electron chi connectivity index (χ0n) is 9.41. The number of benzene rings is 1. The Morgan fingerprint density at radius 2 is 2.11 bits per heavy atom. The van der Waals surface area contributed by atoms with Crippen molar-refractivity contribution in [3.8, 4) is 0 Å². The van der Waals surface area contributed by atoms with Gasteiger partial charge in [-0.2, -0.15) is 0 Å². The quantitative estimate of drug-likeness (QED) is 0.777. The summed E-state index contributed by atoms with van der Waals surface area (Å²) in [4.78, 5) is 22.3. The van der Waals surface area contributed by atoms with Gasteiger partial charge in [-0.05, 0) is 41.1 Å². The molecule has 18 heavy (non-hydrogen) atoms. The Hall–Kier alpha value is -1.47. The molecule has 0 radical (unpaired) electrons. The molecule has 0 aromatic heterocycles. The van der Waals surface area contributed by atoms with E-state index >= 15 is 0 Å². The van der Waals surface area contributed by atoms with Crippen LogP contribution in [-0.4, -0.2) is 34.2 Å². The van der Waals surface area contributed by atoms with E-state index in [1.807, 2.05) is 0 Å². The molecule has 7 heteroatoms. The van der Waals surface area contributed by atoms with Crippen LogP contribution < -0.4 is 5.32 Å². The third kappa shape index (κ3) is 3.51. The fourth-order valence-electron chi connectivity index (χ4n) is 1.09. The molecule has 0 heterocycles. The summed E-state index contributed by atoms with van der Waals surface area (Å²) < 4.78 is 13.3. The molecule has 98 valence electrons. The lowest BCUT2D eigenvalue weighted by molar-refractivity contribution is -0.155. The van der Waals surface area contributed by atoms with E-state index in [4.69, 9.17) is 5.11 Å². The summed E-state index contributed by atoms with van der Waals surface area (Å²) in [7, 11) is 0. The smallest absolute Gasteiger partial charge is 0.337 e. The van der Waals surface area contributed by atoms with Crippen molar-refractivity contribution in [3.63, 3.8) is 0 Å². The van der Waals surface area contributed by atoms with Crippen LogP contribution in [0, 0.1) is 5.82 Å². The van der Waals surface area contributed by atoms with Gasteiger partial charge in [-0.15, -0.1) is 0 Å². The number of aliphatic hydroxyl groups is 1. The number of carbonyl (C=O) groups is 2. The van der Waals surface area contributed by atoms with Gasteiger partial charge in [0.05, 0.1) is 12.1 Å². The molecule has 1 aromatic carbocycles. The van der Waals surface area contributed by atoms with E-state index in [9.17, 15) is 19.1 Å². The Bertz CT molecular complexity index is 490. The molecule has 0 saturated carbocycles. The second-order valence-corrected chi connectivity index (χ2v) is 4.74. The number of amides is 1. The first-order chi connectivity index (χ1) is 8.24. The Labute approximate surface area is 111 Å². The van der Waals surface area contributed by atoms with Crippen LogP contribution in [0.25, 0.3) is 0 Å². The van der Waals surface area contributed by atoms with Gasteiger partial charge in [0.25, 0.3) is 5.91 Å². The Morgan fingerprint density at radius 3 is 2.67 bits per heavy atom. The van der Waals surface area contributed by atoms with Crippen molar-refractivity contribution < 1.29 is 24.2 Å². The van der Waals surface area contributed by atoms with E-state index in [0.717, 1.165) is 13.0 Å². The van der Waals surface area contributed by atoms with Crippen LogP contribution in [0.4, 0.5) is 4.39 Å². The maximum absolute atomic E-state index is 13.0. The minimum atomic E-state index is -2.07. The molecule has 3 N–H and O–H groups in total. The third-order valence-electron chi connectivity index (χ3n) is 2.23. The molecule has 0 saturated heterocycles. The Kier molecular flexibility index (Phi) is 4.42. The largest absolute Gasteiger partial charge is 0.479 e. The minimum absolute atomic E-state index is 0.0242. The van der Waals surface area contributed by atoms with Gasteiger partial charge in [0, 0.05) is 4.47 Å². The number of carbonyl (C=O) groups excluding carboxylic acids is 1. The van der Waals surface area contributed by atoms with Crippen molar-refractivity contribution in [1.82, 2.24) is 5.32 Å². The zero-order valence-corrected chi connectivity index (χ0v) is 11.0. The number of hydrogen-bond donors (Lipinski definition) is 3. The van der Waals surface area contributed by atoms with Gasteiger partial charge < -0.3 is 15.5 Å². The highest BCUT2D eigenvalue weighted by atomic mass is 79.9. The molecule has 0 spiro atoms. The minimum Gasteiger partial charge on any atom is -0.479 e. The Morgan fingerprint density at radius 1 is 1.50 bits per heavy atom. The van der Waals surface area contributed by atoms with E-state index < -0.39 is 29.8 Å². The fourth-order valence-corrected chi connectivity index (χ4v) is 1.52. The molecule has 1 rings (SSSR count). The molecule has 1 atom stereocenters. The van der Waals surface area contributed by atoms with Crippen LogP contribution in [0.3, 0.4) is 0 Å². The molecule has 0 fully saturated rings. The van der Waals surface area contributed by atoms with Crippen LogP contribution in [0.2, 0.25) is 0 Å². The zero-order chi connectivity index (χ0) is 13.9. The average Bonchev–Trinajstić information content (AvgIpc) is 2.29. The lowest BCUT2D eigenvalue weighted by atomic mass is 10.1. The molecule has 1 aromatic rings. The standard InChI is InChI=1S/C11H11BrFNO4/c1-11(18,10(16)17)5-14-9(15)7-4-6(13)2-3-8(7)12/h2-4,18H,5H2,1H3,(H,14,15)(H,16,17). The predicted octanol–water partition coefficient (Wildman–Crippen LogP) is 1.15. The van der Waals surface area contributed by atoms with Crippen LogP contribution in [0.15, 0.2) is 22.7 Å². The average molecular weight is 320 g/mol. The lowest BCUT2D eigenvalue weighted by Crippen LogP contribution is -2.46.